The number of hydrogen-bond acceptors (Lipinski definition) is 11. The van der Waals surface area contributed by atoms with Crippen LogP contribution in [0.1, 0.15) is 91.2 Å². The number of aromatic nitrogens is 2. The van der Waals surface area contributed by atoms with Crippen LogP contribution in [0.25, 0.3) is 11.0 Å². The first-order chi connectivity index (χ1) is 27.3. The molecule has 19 heteroatoms. The molecule has 3 heterocycles. The number of nitrogens with one attached hydrogen (secondary N) is 3. The fourth-order valence-corrected chi connectivity index (χ4v) is 9.76. The number of alkyl carbamates (subject to hydrolysis) is 1. The number of nitrogens with zero attached hydrogens (tertiary/aromatic N) is 3. The van der Waals surface area contributed by atoms with Crippen molar-refractivity contribution in [1.82, 2.24) is 30.2 Å². The molecule has 0 spiro atoms. The van der Waals surface area contributed by atoms with E-state index in [0.717, 1.165) is 25.7 Å². The highest BCUT2D eigenvalue weighted by molar-refractivity contribution is 7.93. The Morgan fingerprint density at radius 1 is 1.10 bits per heavy atom. The summed E-state index contributed by atoms with van der Waals surface area (Å²) in [4.78, 5) is 67.4. The van der Waals surface area contributed by atoms with E-state index in [9.17, 15) is 36.4 Å². The van der Waals surface area contributed by atoms with E-state index in [0.29, 0.717) is 35.3 Å². The van der Waals surface area contributed by atoms with Crippen LogP contribution in [0.2, 0.25) is 0 Å². The Morgan fingerprint density at radius 2 is 1.84 bits per heavy atom. The number of hydrogen-bond donors (Lipinski definition) is 3. The Labute approximate surface area is 341 Å². The molecule has 4 amide bonds. The van der Waals surface area contributed by atoms with Crippen LogP contribution in [0.4, 0.5) is 13.6 Å². The van der Waals surface area contributed by atoms with Crippen molar-refractivity contribution in [2.75, 3.05) is 13.7 Å². The number of benzene rings is 1. The first-order valence-corrected chi connectivity index (χ1v) is 21.8. The molecule has 1 aromatic heterocycles. The number of rotatable bonds is 8. The van der Waals surface area contributed by atoms with Gasteiger partial charge in [0.15, 0.2) is 4.21 Å². The van der Waals surface area contributed by atoms with Crippen molar-refractivity contribution in [3.63, 3.8) is 0 Å². The highest BCUT2D eigenvalue weighted by Crippen LogP contribution is 2.51. The molecule has 2 aromatic rings. The van der Waals surface area contributed by atoms with Crippen molar-refractivity contribution >= 4 is 56.5 Å². The van der Waals surface area contributed by atoms with Crippen LogP contribution in [0, 0.1) is 23.2 Å². The second kappa shape index (κ2) is 15.5. The van der Waals surface area contributed by atoms with Gasteiger partial charge in [-0.05, 0) is 74.8 Å². The minimum atomic E-state index is -4.48. The SMILES string of the molecule is CCC1C2CN(C(=O)C(C(C)(C)C)NC(=O)OC3CC3CCCCCc3nc4ccc(OC)cc4nc3O2)C1C(=O)NC1(C(=O)NS(=O)(=O)C2(Cl)CC2)CC1C(F)F. The van der Waals surface area contributed by atoms with Crippen molar-refractivity contribution in [1.29, 1.82) is 0 Å². The van der Waals surface area contributed by atoms with Crippen LogP contribution < -0.4 is 24.8 Å². The fourth-order valence-electron chi connectivity index (χ4n) is 8.30. The number of sulfonamides is 1. The molecule has 7 rings (SSSR count). The molecule has 15 nitrogen and oxygen atoms in total. The second-order valence-electron chi connectivity index (χ2n) is 17.4. The van der Waals surface area contributed by atoms with Crippen molar-refractivity contribution in [2.24, 2.45) is 23.2 Å². The van der Waals surface area contributed by atoms with E-state index in [1.807, 2.05) is 4.72 Å². The van der Waals surface area contributed by atoms with Crippen molar-refractivity contribution in [3.05, 3.63) is 23.9 Å². The lowest BCUT2D eigenvalue weighted by atomic mass is 9.85. The van der Waals surface area contributed by atoms with E-state index in [4.69, 9.17) is 35.8 Å². The summed E-state index contributed by atoms with van der Waals surface area (Å²) < 4.78 is 72.5. The highest BCUT2D eigenvalue weighted by Gasteiger charge is 2.68. The third kappa shape index (κ3) is 8.23. The molecule has 8 atom stereocenters. The van der Waals surface area contributed by atoms with Gasteiger partial charge < -0.3 is 29.7 Å². The Bertz CT molecular complexity index is 2080. The first-order valence-electron chi connectivity index (χ1n) is 20.0. The van der Waals surface area contributed by atoms with Gasteiger partial charge in [0.1, 0.15) is 41.3 Å². The van der Waals surface area contributed by atoms with E-state index in [2.05, 4.69) is 10.6 Å². The van der Waals surface area contributed by atoms with Crippen molar-refractivity contribution in [2.45, 2.75) is 132 Å². The third-order valence-corrected chi connectivity index (χ3v) is 15.0. The van der Waals surface area contributed by atoms with Crippen LogP contribution >= 0.6 is 11.6 Å². The highest BCUT2D eigenvalue weighted by atomic mass is 35.5. The smallest absolute Gasteiger partial charge is 0.408 e. The van der Waals surface area contributed by atoms with Crippen LogP contribution in [0.3, 0.4) is 0 Å². The molecule has 1 aromatic carbocycles. The normalized spacial score (nSPS) is 31.1. The standard InChI is InChI=1S/C39H51ClF2N6O9S/c1-6-22-28-19-48(29(22)32(49)46-39(18-23(39)31(41)42)35(51)47-58(53,54)38(40)14-15-38)34(50)30(37(2,3)4)45-36(52)57-27-16-20(27)10-8-7-9-11-25-33(56-28)44-26-17-21(55-5)12-13-24(26)43-25/h12-13,17,20,22-23,27-31H,6-11,14-16,18-19H2,1-5H3,(H,45,52)(H,46,49)(H,47,51). The van der Waals surface area contributed by atoms with Crippen LogP contribution in [-0.4, -0.2) is 101 Å². The zero-order valence-electron chi connectivity index (χ0n) is 33.2. The number of fused-ring (bicyclic) bond motifs is 5. The summed E-state index contributed by atoms with van der Waals surface area (Å²) in [5, 5.41) is 5.20. The topological polar surface area (TPSA) is 195 Å². The summed E-state index contributed by atoms with van der Waals surface area (Å²) in [6, 6.07) is 2.66. The summed E-state index contributed by atoms with van der Waals surface area (Å²) in [6.07, 6.45) is -0.663. The van der Waals surface area contributed by atoms with Gasteiger partial charge in [0.05, 0.1) is 30.6 Å². The molecular formula is C39H51ClF2N6O9S. The Hall–Kier alpha value is -4.06. The molecule has 58 heavy (non-hydrogen) atoms. The summed E-state index contributed by atoms with van der Waals surface area (Å²) in [5.74, 6) is -4.55. The maximum Gasteiger partial charge on any atom is 0.408 e. The van der Waals surface area contributed by atoms with Crippen LogP contribution in [0.15, 0.2) is 18.2 Å². The van der Waals surface area contributed by atoms with Gasteiger partial charge in [-0.3, -0.25) is 14.4 Å². The van der Waals surface area contributed by atoms with Gasteiger partial charge in [-0.2, -0.15) is 0 Å². The number of ether oxygens (including phenoxy) is 3. The molecule has 4 fully saturated rings. The Morgan fingerprint density at radius 3 is 2.48 bits per heavy atom. The van der Waals surface area contributed by atoms with E-state index in [1.165, 1.54) is 12.0 Å². The van der Waals surface area contributed by atoms with Gasteiger partial charge in [0.2, 0.25) is 24.1 Å². The maximum absolute atomic E-state index is 14.8. The lowest BCUT2D eigenvalue weighted by Gasteiger charge is -2.36. The van der Waals surface area contributed by atoms with Gasteiger partial charge >= 0.3 is 6.09 Å². The molecule has 3 aliphatic carbocycles. The molecule has 5 aliphatic rings. The minimum absolute atomic E-state index is 0.0577. The molecular weight excluding hydrogens is 802 g/mol. The minimum Gasteiger partial charge on any atom is -0.497 e. The quantitative estimate of drug-likeness (QED) is 0.315. The zero-order chi connectivity index (χ0) is 41.9. The maximum atomic E-state index is 14.8. The lowest BCUT2D eigenvalue weighted by molar-refractivity contribution is -0.144. The summed E-state index contributed by atoms with van der Waals surface area (Å²) in [6.45, 7) is 6.80. The van der Waals surface area contributed by atoms with Crippen LogP contribution in [0.5, 0.6) is 11.6 Å². The first kappa shape index (κ1) is 42.1. The predicted molar refractivity (Wildman–Crippen MR) is 207 cm³/mol. The number of amides is 4. The molecule has 8 unspecified atom stereocenters. The zero-order valence-corrected chi connectivity index (χ0v) is 34.8. The van der Waals surface area contributed by atoms with E-state index >= 15 is 0 Å². The monoisotopic (exact) mass is 852 g/mol. The number of alkyl halides is 3. The van der Waals surface area contributed by atoms with Gasteiger partial charge in [0, 0.05) is 12.0 Å². The van der Waals surface area contributed by atoms with Crippen molar-refractivity contribution < 1.29 is 50.6 Å². The van der Waals surface area contributed by atoms with E-state index in [-0.39, 0.29) is 43.7 Å². The Balaban J connectivity index is 1.27. The number of aryl methyl sites for hydroxylation is 1. The predicted octanol–water partition coefficient (Wildman–Crippen LogP) is 4.58. The lowest BCUT2D eigenvalue weighted by Crippen LogP contribution is -2.61. The van der Waals surface area contributed by atoms with Gasteiger partial charge in [-0.25, -0.2) is 36.7 Å². The van der Waals surface area contributed by atoms with Crippen LogP contribution in [-0.2, 0) is 35.6 Å². The summed E-state index contributed by atoms with van der Waals surface area (Å²) in [5.41, 5.74) is -1.53. The molecule has 2 bridgehead atoms. The molecule has 318 valence electrons. The average molecular weight is 853 g/mol. The van der Waals surface area contributed by atoms with E-state index < -0.39 is 91.9 Å². The molecule has 2 aliphatic heterocycles. The summed E-state index contributed by atoms with van der Waals surface area (Å²) >= 11 is 6.11. The van der Waals surface area contributed by atoms with E-state index in [1.54, 1.807) is 45.9 Å². The third-order valence-electron chi connectivity index (χ3n) is 12.2. The molecule has 1 saturated heterocycles. The fraction of sp³-hybridized carbons (Fsp3) is 0.692. The molecule has 3 saturated carbocycles. The Kier molecular flexibility index (Phi) is 11.3. The average Bonchev–Trinajstić information content (AvgIpc) is 4.11. The van der Waals surface area contributed by atoms with Gasteiger partial charge in [-0.1, -0.05) is 52.1 Å². The summed E-state index contributed by atoms with van der Waals surface area (Å²) in [7, 11) is -2.95. The molecule has 3 N–H and O–H groups in total. The number of halogens is 3. The largest absolute Gasteiger partial charge is 0.497 e. The van der Waals surface area contributed by atoms with Crippen molar-refractivity contribution in [3.8, 4) is 11.6 Å². The number of carbonyl (C=O) groups excluding carboxylic acids is 4. The van der Waals surface area contributed by atoms with Gasteiger partial charge in [-0.15, -0.1) is 0 Å². The number of carbonyl (C=O) groups is 4. The second-order valence-corrected chi connectivity index (χ2v) is 20.3. The van der Waals surface area contributed by atoms with Gasteiger partial charge in [0.25, 0.3) is 15.9 Å². The number of methoxy groups -OCH3 is 1. The molecule has 0 radical (unpaired) electrons.